The highest BCUT2D eigenvalue weighted by Crippen LogP contribution is 2.14. The van der Waals surface area contributed by atoms with Crippen molar-refractivity contribution in [1.82, 2.24) is 14.5 Å². The third kappa shape index (κ3) is 2.66. The fraction of sp³-hybridized carbons (Fsp3) is 0.462. The molecule has 0 unspecified atom stereocenters. The zero-order valence-electron chi connectivity index (χ0n) is 11.5. The van der Waals surface area contributed by atoms with E-state index in [0.29, 0.717) is 30.9 Å². The molecule has 2 N–H and O–H groups in total. The summed E-state index contributed by atoms with van der Waals surface area (Å²) in [5, 5.41) is 10.1. The maximum atomic E-state index is 11.8. The molecule has 0 aliphatic heterocycles. The van der Waals surface area contributed by atoms with Crippen molar-refractivity contribution in [3.8, 4) is 5.88 Å². The highest BCUT2D eigenvalue weighted by molar-refractivity contribution is 5.23. The maximum absolute atomic E-state index is 11.8. The van der Waals surface area contributed by atoms with Gasteiger partial charge in [0.05, 0.1) is 11.8 Å². The van der Waals surface area contributed by atoms with Crippen molar-refractivity contribution in [2.45, 2.75) is 39.7 Å². The predicted octanol–water partition coefficient (Wildman–Crippen LogP) is 0.793. The number of hydrogen-bond acceptors (Lipinski definition) is 5. The summed E-state index contributed by atoms with van der Waals surface area (Å²) in [7, 11) is 0. The predicted molar refractivity (Wildman–Crippen MR) is 72.0 cm³/mol. The molecule has 0 aromatic carbocycles. The SMILES string of the molecule is CCCc1c(O)n(Cc2ncc(CC)o2)c(=O)[nH]c1=O. The average molecular weight is 279 g/mol. The Morgan fingerprint density at radius 1 is 1.40 bits per heavy atom. The minimum Gasteiger partial charge on any atom is -0.494 e. The quantitative estimate of drug-likeness (QED) is 0.842. The first kappa shape index (κ1) is 14.1. The molecule has 2 aromatic rings. The van der Waals surface area contributed by atoms with E-state index in [9.17, 15) is 14.7 Å². The fourth-order valence-electron chi connectivity index (χ4n) is 1.94. The van der Waals surface area contributed by atoms with Gasteiger partial charge in [-0.2, -0.15) is 0 Å². The Labute approximate surface area is 114 Å². The minimum absolute atomic E-state index is 0.0157. The largest absolute Gasteiger partial charge is 0.494 e. The van der Waals surface area contributed by atoms with Crippen LogP contribution >= 0.6 is 0 Å². The normalized spacial score (nSPS) is 10.9. The lowest BCUT2D eigenvalue weighted by Gasteiger charge is -2.09. The molecule has 0 fully saturated rings. The molecule has 0 amide bonds. The average Bonchev–Trinajstić information content (AvgIpc) is 2.87. The Morgan fingerprint density at radius 3 is 2.75 bits per heavy atom. The van der Waals surface area contributed by atoms with Gasteiger partial charge < -0.3 is 9.52 Å². The first-order valence-corrected chi connectivity index (χ1v) is 6.55. The lowest BCUT2D eigenvalue weighted by Crippen LogP contribution is -2.32. The number of hydrogen-bond donors (Lipinski definition) is 2. The molecule has 108 valence electrons. The summed E-state index contributed by atoms with van der Waals surface area (Å²) in [6.07, 6.45) is 3.36. The van der Waals surface area contributed by atoms with Crippen molar-refractivity contribution in [2.24, 2.45) is 0 Å². The molecule has 0 spiro atoms. The Bertz CT molecular complexity index is 711. The van der Waals surface area contributed by atoms with Crippen molar-refractivity contribution in [1.29, 1.82) is 0 Å². The lowest BCUT2D eigenvalue weighted by atomic mass is 10.2. The third-order valence-corrected chi connectivity index (χ3v) is 3.01. The first-order valence-electron chi connectivity index (χ1n) is 6.55. The van der Waals surface area contributed by atoms with E-state index in [0.717, 1.165) is 4.57 Å². The van der Waals surface area contributed by atoms with Crippen LogP contribution in [0.3, 0.4) is 0 Å². The van der Waals surface area contributed by atoms with Gasteiger partial charge in [0.15, 0.2) is 0 Å². The van der Waals surface area contributed by atoms with Gasteiger partial charge in [-0.15, -0.1) is 0 Å². The molecular formula is C13H17N3O4. The van der Waals surface area contributed by atoms with E-state index in [4.69, 9.17) is 4.42 Å². The number of nitrogens with one attached hydrogen (secondary N) is 1. The molecule has 2 heterocycles. The van der Waals surface area contributed by atoms with E-state index in [-0.39, 0.29) is 18.0 Å². The van der Waals surface area contributed by atoms with Crippen LogP contribution in [0.5, 0.6) is 5.88 Å². The second-order valence-electron chi connectivity index (χ2n) is 4.47. The zero-order valence-corrected chi connectivity index (χ0v) is 11.5. The summed E-state index contributed by atoms with van der Waals surface area (Å²) < 4.78 is 6.46. The maximum Gasteiger partial charge on any atom is 0.331 e. The van der Waals surface area contributed by atoms with Gasteiger partial charge in [0.25, 0.3) is 5.56 Å². The molecule has 7 nitrogen and oxygen atoms in total. The van der Waals surface area contributed by atoms with Gasteiger partial charge in [-0.05, 0) is 6.42 Å². The van der Waals surface area contributed by atoms with Crippen LogP contribution in [0, 0.1) is 0 Å². The Kier molecular flexibility index (Phi) is 4.07. The molecule has 0 radical (unpaired) electrons. The van der Waals surface area contributed by atoms with Crippen molar-refractivity contribution in [2.75, 3.05) is 0 Å². The van der Waals surface area contributed by atoms with Crippen LogP contribution < -0.4 is 11.2 Å². The molecule has 0 bridgehead atoms. The highest BCUT2D eigenvalue weighted by atomic mass is 16.4. The second-order valence-corrected chi connectivity index (χ2v) is 4.47. The van der Waals surface area contributed by atoms with Gasteiger partial charge in [-0.1, -0.05) is 20.3 Å². The van der Waals surface area contributed by atoms with Crippen molar-refractivity contribution >= 4 is 0 Å². The molecule has 0 atom stereocenters. The van der Waals surface area contributed by atoms with E-state index in [1.54, 1.807) is 6.20 Å². The molecule has 20 heavy (non-hydrogen) atoms. The van der Waals surface area contributed by atoms with Crippen LogP contribution in [0.2, 0.25) is 0 Å². The second kappa shape index (κ2) is 5.77. The Morgan fingerprint density at radius 2 is 2.15 bits per heavy atom. The Hall–Kier alpha value is -2.31. The van der Waals surface area contributed by atoms with Crippen molar-refractivity contribution < 1.29 is 9.52 Å². The summed E-state index contributed by atoms with van der Waals surface area (Å²) in [5.41, 5.74) is -1.02. The summed E-state index contributed by atoms with van der Waals surface area (Å²) in [6.45, 7) is 3.79. The molecule has 0 saturated heterocycles. The molecule has 0 aliphatic rings. The number of H-pyrrole nitrogens is 1. The zero-order chi connectivity index (χ0) is 14.7. The van der Waals surface area contributed by atoms with Crippen molar-refractivity contribution in [3.63, 3.8) is 0 Å². The van der Waals surface area contributed by atoms with Crippen LogP contribution in [0.15, 0.2) is 20.2 Å². The van der Waals surface area contributed by atoms with Crippen molar-refractivity contribution in [3.05, 3.63) is 44.2 Å². The van der Waals surface area contributed by atoms with Crippen LogP contribution in [-0.4, -0.2) is 19.6 Å². The smallest absolute Gasteiger partial charge is 0.331 e. The summed E-state index contributed by atoms with van der Waals surface area (Å²) in [6, 6.07) is 0. The number of aromatic hydroxyl groups is 1. The van der Waals surface area contributed by atoms with E-state index in [1.165, 1.54) is 0 Å². The van der Waals surface area contributed by atoms with E-state index < -0.39 is 11.2 Å². The molecule has 0 saturated carbocycles. The summed E-state index contributed by atoms with van der Waals surface area (Å²) in [4.78, 5) is 29.6. The molecular weight excluding hydrogens is 262 g/mol. The number of nitrogens with zero attached hydrogens (tertiary/aromatic N) is 2. The molecule has 2 aromatic heterocycles. The molecule has 0 aliphatic carbocycles. The molecule has 7 heteroatoms. The topological polar surface area (TPSA) is 101 Å². The standard InChI is InChI=1S/C13H17N3O4/c1-3-5-9-11(17)15-13(19)16(12(9)18)7-10-14-6-8(4-2)20-10/h6,18H,3-5,7H2,1-2H3,(H,15,17,19). The van der Waals surface area contributed by atoms with E-state index >= 15 is 0 Å². The Balaban J connectivity index is 2.43. The number of aromatic nitrogens is 3. The van der Waals surface area contributed by atoms with Crippen LogP contribution in [0.25, 0.3) is 0 Å². The van der Waals surface area contributed by atoms with Gasteiger partial charge in [0.1, 0.15) is 12.3 Å². The summed E-state index contributed by atoms with van der Waals surface area (Å²) >= 11 is 0. The van der Waals surface area contributed by atoms with E-state index in [1.807, 2.05) is 13.8 Å². The van der Waals surface area contributed by atoms with Crippen LogP contribution in [-0.2, 0) is 19.4 Å². The number of aromatic amines is 1. The van der Waals surface area contributed by atoms with E-state index in [2.05, 4.69) is 9.97 Å². The summed E-state index contributed by atoms with van der Waals surface area (Å²) in [5.74, 6) is 0.691. The molecule has 2 rings (SSSR count). The third-order valence-electron chi connectivity index (χ3n) is 3.01. The van der Waals surface area contributed by atoms with Gasteiger partial charge in [-0.3, -0.25) is 14.3 Å². The number of rotatable bonds is 5. The van der Waals surface area contributed by atoms with Gasteiger partial charge >= 0.3 is 5.69 Å². The number of oxazole rings is 1. The number of aryl methyl sites for hydroxylation is 1. The minimum atomic E-state index is -0.677. The lowest BCUT2D eigenvalue weighted by molar-refractivity contribution is 0.377. The van der Waals surface area contributed by atoms with Crippen LogP contribution in [0.1, 0.15) is 37.5 Å². The monoisotopic (exact) mass is 279 g/mol. The highest BCUT2D eigenvalue weighted by Gasteiger charge is 2.15. The fourth-order valence-corrected chi connectivity index (χ4v) is 1.94. The van der Waals surface area contributed by atoms with Gasteiger partial charge in [-0.25, -0.2) is 9.78 Å². The van der Waals surface area contributed by atoms with Gasteiger partial charge in [0.2, 0.25) is 11.8 Å². The van der Waals surface area contributed by atoms with Gasteiger partial charge in [0, 0.05) is 6.42 Å². The van der Waals surface area contributed by atoms with Crippen LogP contribution in [0.4, 0.5) is 0 Å². The first-order chi connectivity index (χ1) is 9.56.